The minimum atomic E-state index is -0.174. The number of thiazole rings is 1. The Bertz CT molecular complexity index is 780. The second-order valence-corrected chi connectivity index (χ2v) is 7.29. The number of carbonyl (C=O) groups is 2. The summed E-state index contributed by atoms with van der Waals surface area (Å²) in [6.07, 6.45) is 0.693. The summed E-state index contributed by atoms with van der Waals surface area (Å²) in [6, 6.07) is 6.98. The molecule has 0 atom stereocenters. The summed E-state index contributed by atoms with van der Waals surface area (Å²) in [5, 5.41) is 6.44. The molecule has 0 spiro atoms. The molecule has 0 unspecified atom stereocenters. The first kappa shape index (κ1) is 17.7. The fraction of sp³-hybridized carbons (Fsp3) is 0.353. The van der Waals surface area contributed by atoms with E-state index in [2.05, 4.69) is 10.3 Å². The van der Waals surface area contributed by atoms with E-state index in [1.54, 1.807) is 39.3 Å². The van der Waals surface area contributed by atoms with E-state index in [0.29, 0.717) is 31.1 Å². The number of benzene rings is 1. The third-order valence-corrected chi connectivity index (χ3v) is 4.98. The van der Waals surface area contributed by atoms with Gasteiger partial charge in [0.25, 0.3) is 0 Å². The van der Waals surface area contributed by atoms with Gasteiger partial charge in [-0.3, -0.25) is 9.69 Å². The van der Waals surface area contributed by atoms with Crippen molar-refractivity contribution in [2.45, 2.75) is 13.3 Å². The van der Waals surface area contributed by atoms with E-state index < -0.39 is 0 Å². The second-order valence-electron chi connectivity index (χ2n) is 5.79. The maximum absolute atomic E-state index is 12.5. The normalized spacial score (nSPS) is 14.2. The van der Waals surface area contributed by atoms with E-state index in [-0.39, 0.29) is 18.5 Å². The highest BCUT2D eigenvalue weighted by Gasteiger charge is 2.30. The van der Waals surface area contributed by atoms with Crippen molar-refractivity contribution in [3.63, 3.8) is 0 Å². The van der Waals surface area contributed by atoms with Gasteiger partial charge < -0.3 is 10.2 Å². The van der Waals surface area contributed by atoms with Crippen molar-refractivity contribution in [3.8, 4) is 0 Å². The number of carbonyl (C=O) groups excluding carboxylic acids is 2. The lowest BCUT2D eigenvalue weighted by Crippen LogP contribution is -2.40. The van der Waals surface area contributed by atoms with E-state index in [1.807, 2.05) is 18.4 Å². The summed E-state index contributed by atoms with van der Waals surface area (Å²) in [6.45, 7) is 3.60. The molecule has 0 bridgehead atoms. The summed E-state index contributed by atoms with van der Waals surface area (Å²) >= 11 is 7.58. The summed E-state index contributed by atoms with van der Waals surface area (Å²) in [7, 11) is 0. The molecule has 0 radical (unpaired) electrons. The summed E-state index contributed by atoms with van der Waals surface area (Å²) < 4.78 is 0. The molecule has 1 aliphatic heterocycles. The van der Waals surface area contributed by atoms with E-state index in [9.17, 15) is 9.59 Å². The standard InChI is InChI=1S/C17H19ClN4O2S/c1-12-20-14(11-25-12)5-6-19-16(23)10-21-7-8-22(17(21)24)15-4-2-3-13(18)9-15/h2-4,9,11H,5-8,10H2,1H3,(H,19,23). The zero-order chi connectivity index (χ0) is 17.8. The number of urea groups is 1. The molecule has 1 aromatic carbocycles. The molecule has 1 aromatic heterocycles. The van der Waals surface area contributed by atoms with E-state index in [0.717, 1.165) is 16.4 Å². The van der Waals surface area contributed by atoms with Crippen LogP contribution in [0.5, 0.6) is 0 Å². The average Bonchev–Trinajstić information content (AvgIpc) is 3.14. The first-order chi connectivity index (χ1) is 12.0. The minimum absolute atomic E-state index is 0.0615. The van der Waals surface area contributed by atoms with Gasteiger partial charge in [0.05, 0.1) is 10.7 Å². The van der Waals surface area contributed by atoms with E-state index >= 15 is 0 Å². The Hall–Kier alpha value is -2.12. The highest BCUT2D eigenvalue weighted by molar-refractivity contribution is 7.09. The molecule has 132 valence electrons. The van der Waals surface area contributed by atoms with Crippen LogP contribution in [0.4, 0.5) is 10.5 Å². The number of hydrogen-bond donors (Lipinski definition) is 1. The fourth-order valence-corrected chi connectivity index (χ4v) is 3.53. The van der Waals surface area contributed by atoms with Gasteiger partial charge >= 0.3 is 6.03 Å². The van der Waals surface area contributed by atoms with Crippen LogP contribution in [0.2, 0.25) is 5.02 Å². The highest BCUT2D eigenvalue weighted by Crippen LogP contribution is 2.23. The molecule has 2 aromatic rings. The van der Waals surface area contributed by atoms with Crippen molar-refractivity contribution in [1.82, 2.24) is 15.2 Å². The van der Waals surface area contributed by atoms with Crippen molar-refractivity contribution in [2.24, 2.45) is 0 Å². The number of nitrogens with zero attached hydrogens (tertiary/aromatic N) is 3. The largest absolute Gasteiger partial charge is 0.354 e. The van der Waals surface area contributed by atoms with Crippen LogP contribution < -0.4 is 10.2 Å². The highest BCUT2D eigenvalue weighted by atomic mass is 35.5. The number of rotatable bonds is 6. The molecule has 1 fully saturated rings. The Labute approximate surface area is 155 Å². The molecule has 25 heavy (non-hydrogen) atoms. The molecule has 6 nitrogen and oxygen atoms in total. The number of halogens is 1. The average molecular weight is 379 g/mol. The number of aryl methyl sites for hydroxylation is 1. The number of anilines is 1. The lowest BCUT2D eigenvalue weighted by atomic mass is 10.3. The molecule has 3 amide bonds. The molecular formula is C17H19ClN4O2S. The lowest BCUT2D eigenvalue weighted by molar-refractivity contribution is -0.121. The Morgan fingerprint density at radius 1 is 1.40 bits per heavy atom. The van der Waals surface area contributed by atoms with Gasteiger partial charge in [-0.05, 0) is 25.1 Å². The molecule has 1 saturated heterocycles. The Balaban J connectivity index is 1.48. The first-order valence-electron chi connectivity index (χ1n) is 8.02. The van der Waals surface area contributed by atoms with Crippen LogP contribution in [0.15, 0.2) is 29.6 Å². The van der Waals surface area contributed by atoms with Gasteiger partial charge in [0.15, 0.2) is 0 Å². The predicted molar refractivity (Wildman–Crippen MR) is 99.3 cm³/mol. The topological polar surface area (TPSA) is 65.5 Å². The van der Waals surface area contributed by atoms with Crippen molar-refractivity contribution in [3.05, 3.63) is 45.4 Å². The van der Waals surface area contributed by atoms with Gasteiger partial charge in [0.2, 0.25) is 5.91 Å². The van der Waals surface area contributed by atoms with Gasteiger partial charge in [-0.1, -0.05) is 17.7 Å². The molecule has 0 aliphatic carbocycles. The van der Waals surface area contributed by atoms with Crippen molar-refractivity contribution >= 4 is 40.6 Å². The third kappa shape index (κ3) is 4.49. The van der Waals surface area contributed by atoms with E-state index in [1.165, 1.54) is 0 Å². The zero-order valence-corrected chi connectivity index (χ0v) is 15.4. The third-order valence-electron chi connectivity index (χ3n) is 3.92. The molecule has 1 aliphatic rings. The predicted octanol–water partition coefficient (Wildman–Crippen LogP) is 2.71. The summed E-state index contributed by atoms with van der Waals surface area (Å²) in [5.41, 5.74) is 1.73. The van der Waals surface area contributed by atoms with Crippen LogP contribution in [0.25, 0.3) is 0 Å². The SMILES string of the molecule is Cc1nc(CCNC(=O)CN2CCN(c3cccc(Cl)c3)C2=O)cs1. The van der Waals surface area contributed by atoms with Crippen LogP contribution in [0, 0.1) is 6.92 Å². The molecular weight excluding hydrogens is 360 g/mol. The molecule has 0 saturated carbocycles. The maximum Gasteiger partial charge on any atom is 0.325 e. The summed E-state index contributed by atoms with van der Waals surface area (Å²) in [5.74, 6) is -0.159. The monoisotopic (exact) mass is 378 g/mol. The number of amides is 3. The van der Waals surface area contributed by atoms with Crippen molar-refractivity contribution < 1.29 is 9.59 Å². The lowest BCUT2D eigenvalue weighted by Gasteiger charge is -2.18. The molecule has 3 rings (SSSR count). The quantitative estimate of drug-likeness (QED) is 0.840. The Kier molecular flexibility index (Phi) is 5.55. The van der Waals surface area contributed by atoms with E-state index in [4.69, 9.17) is 11.6 Å². The van der Waals surface area contributed by atoms with Crippen LogP contribution in [-0.2, 0) is 11.2 Å². The van der Waals surface area contributed by atoms with Gasteiger partial charge in [0.1, 0.15) is 6.54 Å². The molecule has 2 heterocycles. The van der Waals surface area contributed by atoms with Gasteiger partial charge in [-0.25, -0.2) is 9.78 Å². The smallest absolute Gasteiger partial charge is 0.325 e. The fourth-order valence-electron chi connectivity index (χ4n) is 2.70. The number of hydrogen-bond acceptors (Lipinski definition) is 4. The van der Waals surface area contributed by atoms with Crippen molar-refractivity contribution in [2.75, 3.05) is 31.1 Å². The van der Waals surface area contributed by atoms with Gasteiger partial charge in [0, 0.05) is 42.1 Å². The maximum atomic E-state index is 12.5. The van der Waals surface area contributed by atoms with Crippen LogP contribution in [0.1, 0.15) is 10.7 Å². The molecule has 1 N–H and O–H groups in total. The summed E-state index contributed by atoms with van der Waals surface area (Å²) in [4.78, 5) is 32.1. The zero-order valence-electron chi connectivity index (χ0n) is 13.9. The first-order valence-corrected chi connectivity index (χ1v) is 9.28. The Morgan fingerprint density at radius 3 is 2.96 bits per heavy atom. The van der Waals surface area contributed by atoms with Crippen LogP contribution in [0.3, 0.4) is 0 Å². The van der Waals surface area contributed by atoms with Crippen molar-refractivity contribution in [1.29, 1.82) is 0 Å². The Morgan fingerprint density at radius 2 is 2.24 bits per heavy atom. The van der Waals surface area contributed by atoms with Gasteiger partial charge in [-0.15, -0.1) is 11.3 Å². The van der Waals surface area contributed by atoms with Crippen LogP contribution in [-0.4, -0.2) is 48.0 Å². The van der Waals surface area contributed by atoms with Crippen LogP contribution >= 0.6 is 22.9 Å². The molecule has 8 heteroatoms. The number of nitrogens with one attached hydrogen (secondary N) is 1. The minimum Gasteiger partial charge on any atom is -0.354 e. The second kappa shape index (κ2) is 7.84. The van der Waals surface area contributed by atoms with Gasteiger partial charge in [-0.2, -0.15) is 0 Å². The number of aromatic nitrogens is 1.